The molecule has 1 unspecified atom stereocenters. The van der Waals surface area contributed by atoms with E-state index in [0.717, 1.165) is 24.4 Å². The van der Waals surface area contributed by atoms with Crippen molar-refractivity contribution < 1.29 is 4.74 Å². The van der Waals surface area contributed by atoms with Crippen LogP contribution in [-0.2, 0) is 4.74 Å². The van der Waals surface area contributed by atoms with Gasteiger partial charge < -0.3 is 10.1 Å². The summed E-state index contributed by atoms with van der Waals surface area (Å²) in [6, 6.07) is 1.14. The first-order chi connectivity index (χ1) is 7.31. The Balaban J connectivity index is 1.77. The number of nitrogens with zero attached hydrogens (tertiary/aromatic N) is 1. The molecule has 0 aromatic heterocycles. The van der Waals surface area contributed by atoms with E-state index in [2.05, 4.69) is 12.2 Å². The molecule has 0 saturated heterocycles. The van der Waals surface area contributed by atoms with E-state index in [1.165, 1.54) is 12.2 Å². The second-order valence-electron chi connectivity index (χ2n) is 4.30. The van der Waals surface area contributed by atoms with E-state index in [9.17, 15) is 0 Å². The van der Waals surface area contributed by atoms with Gasteiger partial charge in [0.15, 0.2) is 5.17 Å². The third kappa shape index (κ3) is 2.88. The molecule has 1 heterocycles. The van der Waals surface area contributed by atoms with Gasteiger partial charge in [-0.25, -0.2) is 0 Å². The van der Waals surface area contributed by atoms with Gasteiger partial charge in [0.1, 0.15) is 0 Å². The van der Waals surface area contributed by atoms with Gasteiger partial charge in [-0.3, -0.25) is 4.99 Å². The smallest absolute Gasteiger partial charge is 0.157 e. The number of rotatable bonds is 3. The number of nitrogens with one attached hydrogen (secondary N) is 1. The van der Waals surface area contributed by atoms with Crippen molar-refractivity contribution in [2.75, 3.05) is 12.9 Å². The van der Waals surface area contributed by atoms with Crippen LogP contribution in [0.25, 0.3) is 0 Å². The predicted molar refractivity (Wildman–Crippen MR) is 65.5 cm³/mol. The Morgan fingerprint density at radius 3 is 3.00 bits per heavy atom. The molecular formula is C11H20N2OS. The van der Waals surface area contributed by atoms with Crippen LogP contribution in [0.2, 0.25) is 0 Å². The van der Waals surface area contributed by atoms with Gasteiger partial charge in [0, 0.05) is 18.9 Å². The summed E-state index contributed by atoms with van der Waals surface area (Å²) < 4.78 is 5.26. The molecule has 1 aliphatic carbocycles. The lowest BCUT2D eigenvalue weighted by molar-refractivity contribution is 0.0228. The molecule has 1 atom stereocenters. The van der Waals surface area contributed by atoms with Crippen LogP contribution in [0.5, 0.6) is 0 Å². The molecule has 0 aromatic rings. The van der Waals surface area contributed by atoms with Crippen molar-refractivity contribution in [3.8, 4) is 0 Å². The number of thioether (sulfide) groups is 1. The van der Waals surface area contributed by atoms with Crippen molar-refractivity contribution in [2.24, 2.45) is 4.99 Å². The molecule has 0 spiro atoms. The van der Waals surface area contributed by atoms with Gasteiger partial charge in [0.05, 0.1) is 12.1 Å². The average Bonchev–Trinajstić information content (AvgIpc) is 2.23. The highest BCUT2D eigenvalue weighted by Crippen LogP contribution is 2.25. The van der Waals surface area contributed by atoms with E-state index in [1.807, 2.05) is 11.8 Å². The molecule has 3 nitrogen and oxygen atoms in total. The van der Waals surface area contributed by atoms with Crippen LogP contribution in [0.4, 0.5) is 0 Å². The van der Waals surface area contributed by atoms with E-state index in [4.69, 9.17) is 9.73 Å². The molecular weight excluding hydrogens is 208 g/mol. The predicted octanol–water partition coefficient (Wildman–Crippen LogP) is 2.02. The summed E-state index contributed by atoms with van der Waals surface area (Å²) >= 11 is 1.87. The number of hydrogen-bond donors (Lipinski definition) is 1. The van der Waals surface area contributed by atoms with Gasteiger partial charge in [-0.05, 0) is 25.7 Å². The molecule has 1 N–H and O–H groups in total. The third-order valence-electron chi connectivity index (χ3n) is 3.22. The van der Waals surface area contributed by atoms with E-state index >= 15 is 0 Å². The van der Waals surface area contributed by atoms with E-state index < -0.39 is 0 Å². The summed E-state index contributed by atoms with van der Waals surface area (Å²) in [5.74, 6) is 1.21. The first-order valence-electron chi connectivity index (χ1n) is 5.81. The molecule has 0 bridgehead atoms. The zero-order valence-corrected chi connectivity index (χ0v) is 10.3. The van der Waals surface area contributed by atoms with Crippen molar-refractivity contribution in [3.63, 3.8) is 0 Å². The quantitative estimate of drug-likeness (QED) is 0.802. The normalized spacial score (nSPS) is 35.6. The fourth-order valence-corrected chi connectivity index (χ4v) is 3.04. The standard InChI is InChI=1S/C11H20N2OS/c1-3-8-4-5-15-11(12-8)13-9-6-10(7-9)14-2/h8-10H,3-7H2,1-2H3,(H,12,13). The highest BCUT2D eigenvalue weighted by molar-refractivity contribution is 8.13. The van der Waals surface area contributed by atoms with Crippen molar-refractivity contribution in [1.29, 1.82) is 0 Å². The highest BCUT2D eigenvalue weighted by Gasteiger charge is 2.30. The van der Waals surface area contributed by atoms with Gasteiger partial charge >= 0.3 is 0 Å². The number of ether oxygens (including phenoxy) is 1. The van der Waals surface area contributed by atoms with Crippen LogP contribution < -0.4 is 5.32 Å². The van der Waals surface area contributed by atoms with Crippen LogP contribution in [-0.4, -0.2) is 36.2 Å². The highest BCUT2D eigenvalue weighted by atomic mass is 32.2. The fraction of sp³-hybridized carbons (Fsp3) is 0.909. The Bertz CT molecular complexity index is 239. The fourth-order valence-electron chi connectivity index (χ4n) is 1.98. The topological polar surface area (TPSA) is 33.6 Å². The molecule has 0 aromatic carbocycles. The number of amidine groups is 1. The summed E-state index contributed by atoms with van der Waals surface area (Å²) in [4.78, 5) is 4.70. The summed E-state index contributed by atoms with van der Waals surface area (Å²) in [6.45, 7) is 2.21. The minimum Gasteiger partial charge on any atom is -0.381 e. The number of aliphatic imine (C=N–C) groups is 1. The molecule has 2 aliphatic rings. The zero-order chi connectivity index (χ0) is 10.7. The van der Waals surface area contributed by atoms with E-state index in [0.29, 0.717) is 18.2 Å². The van der Waals surface area contributed by atoms with Gasteiger partial charge in [0.25, 0.3) is 0 Å². The minimum atomic E-state index is 0.471. The van der Waals surface area contributed by atoms with Crippen molar-refractivity contribution >= 4 is 16.9 Å². The van der Waals surface area contributed by atoms with Crippen molar-refractivity contribution in [2.45, 2.75) is 50.8 Å². The lowest BCUT2D eigenvalue weighted by Gasteiger charge is -2.36. The van der Waals surface area contributed by atoms with Crippen LogP contribution in [0.1, 0.15) is 32.6 Å². The molecule has 15 heavy (non-hydrogen) atoms. The lowest BCUT2D eigenvalue weighted by Crippen LogP contribution is -2.47. The van der Waals surface area contributed by atoms with Crippen LogP contribution in [0.3, 0.4) is 0 Å². The summed E-state index contributed by atoms with van der Waals surface area (Å²) in [5.41, 5.74) is 0. The maximum absolute atomic E-state index is 5.26. The zero-order valence-electron chi connectivity index (χ0n) is 9.53. The second-order valence-corrected chi connectivity index (χ2v) is 5.39. The molecule has 0 amide bonds. The second kappa shape index (κ2) is 5.21. The van der Waals surface area contributed by atoms with E-state index in [1.54, 1.807) is 7.11 Å². The lowest BCUT2D eigenvalue weighted by atomic mass is 9.89. The molecule has 86 valence electrons. The first kappa shape index (κ1) is 11.3. The number of methoxy groups -OCH3 is 1. The van der Waals surface area contributed by atoms with Crippen LogP contribution in [0.15, 0.2) is 4.99 Å². The van der Waals surface area contributed by atoms with Gasteiger partial charge in [-0.1, -0.05) is 18.7 Å². The van der Waals surface area contributed by atoms with Gasteiger partial charge in [-0.15, -0.1) is 0 Å². The minimum absolute atomic E-state index is 0.471. The molecule has 1 fully saturated rings. The summed E-state index contributed by atoms with van der Waals surface area (Å²) in [6.07, 6.45) is 5.13. The maximum atomic E-state index is 5.26. The molecule has 2 rings (SSSR count). The van der Waals surface area contributed by atoms with Gasteiger partial charge in [-0.2, -0.15) is 0 Å². The maximum Gasteiger partial charge on any atom is 0.157 e. The largest absolute Gasteiger partial charge is 0.381 e. The molecule has 4 heteroatoms. The Morgan fingerprint density at radius 1 is 1.53 bits per heavy atom. The van der Waals surface area contributed by atoms with Crippen molar-refractivity contribution in [1.82, 2.24) is 5.32 Å². The monoisotopic (exact) mass is 228 g/mol. The Morgan fingerprint density at radius 2 is 2.33 bits per heavy atom. The van der Waals surface area contributed by atoms with E-state index in [-0.39, 0.29) is 0 Å². The Labute approximate surface area is 96.1 Å². The van der Waals surface area contributed by atoms with Crippen LogP contribution in [0, 0.1) is 0 Å². The van der Waals surface area contributed by atoms with Gasteiger partial charge in [0.2, 0.25) is 0 Å². The molecule has 1 saturated carbocycles. The first-order valence-corrected chi connectivity index (χ1v) is 6.80. The average molecular weight is 228 g/mol. The molecule has 0 radical (unpaired) electrons. The Hall–Kier alpha value is -0.220. The Kier molecular flexibility index (Phi) is 3.92. The SMILES string of the molecule is CCC1CCSC(NC2CC(OC)C2)=N1. The number of hydrogen-bond acceptors (Lipinski definition) is 4. The van der Waals surface area contributed by atoms with Crippen LogP contribution >= 0.6 is 11.8 Å². The third-order valence-corrected chi connectivity index (χ3v) is 4.15. The summed E-state index contributed by atoms with van der Waals surface area (Å²) in [5, 5.41) is 4.68. The van der Waals surface area contributed by atoms with Crippen molar-refractivity contribution in [3.05, 3.63) is 0 Å². The molecule has 1 aliphatic heterocycles. The summed E-state index contributed by atoms with van der Waals surface area (Å²) in [7, 11) is 1.79.